The number of aromatic nitrogens is 1. The fourth-order valence-electron chi connectivity index (χ4n) is 3.71. The van der Waals surface area contributed by atoms with Crippen LogP contribution in [0.3, 0.4) is 0 Å². The second-order valence-electron chi connectivity index (χ2n) is 6.61. The quantitative estimate of drug-likeness (QED) is 0.331. The average molecular weight is 408 g/mol. The van der Waals surface area contributed by atoms with Gasteiger partial charge in [-0.2, -0.15) is 0 Å². The van der Waals surface area contributed by atoms with Crippen molar-refractivity contribution in [3.05, 3.63) is 80.5 Å². The van der Waals surface area contributed by atoms with Crippen molar-refractivity contribution in [2.45, 2.75) is 5.92 Å². The molecule has 0 amide bonds. The molecule has 0 aliphatic carbocycles. The first-order valence-electron chi connectivity index (χ1n) is 9.10. The topological polar surface area (TPSA) is 77.4 Å². The molecule has 7 heteroatoms. The van der Waals surface area contributed by atoms with Crippen LogP contribution in [-0.4, -0.2) is 30.7 Å². The number of hydrogen-bond donors (Lipinski definition) is 1. The van der Waals surface area contributed by atoms with Gasteiger partial charge in [-0.1, -0.05) is 24.3 Å². The summed E-state index contributed by atoms with van der Waals surface area (Å²) in [5, 5.41) is 14.5. The number of ether oxygens (including phenoxy) is 2. The summed E-state index contributed by atoms with van der Waals surface area (Å²) in [7, 11) is 3.19. The summed E-state index contributed by atoms with van der Waals surface area (Å²) in [4.78, 5) is 15.7. The van der Waals surface area contributed by atoms with E-state index in [4.69, 9.17) is 9.47 Å². The zero-order valence-corrected chi connectivity index (χ0v) is 16.9. The molecule has 2 aromatic heterocycles. The molecular formula is C22H20N2O4S. The lowest BCUT2D eigenvalue weighted by molar-refractivity contribution is -0.481. The number of nitro groups is 1. The predicted octanol–water partition coefficient (Wildman–Crippen LogP) is 5.32. The molecule has 0 bridgehead atoms. The molecule has 2 aromatic carbocycles. The average Bonchev–Trinajstić information content (AvgIpc) is 3.39. The van der Waals surface area contributed by atoms with Gasteiger partial charge in [0.15, 0.2) is 11.5 Å². The van der Waals surface area contributed by atoms with Crippen LogP contribution in [0.4, 0.5) is 0 Å². The van der Waals surface area contributed by atoms with Gasteiger partial charge in [0.1, 0.15) is 0 Å². The summed E-state index contributed by atoms with van der Waals surface area (Å²) in [6.45, 7) is -0.178. The number of rotatable bonds is 7. The molecule has 0 aliphatic heterocycles. The van der Waals surface area contributed by atoms with Crippen molar-refractivity contribution in [1.29, 1.82) is 0 Å². The van der Waals surface area contributed by atoms with E-state index >= 15 is 0 Å². The second-order valence-corrected chi connectivity index (χ2v) is 7.59. The first-order chi connectivity index (χ1) is 14.1. The van der Waals surface area contributed by atoms with Crippen LogP contribution in [0, 0.1) is 10.1 Å². The predicted molar refractivity (Wildman–Crippen MR) is 115 cm³/mol. The van der Waals surface area contributed by atoms with Crippen molar-refractivity contribution in [2.24, 2.45) is 0 Å². The third kappa shape index (κ3) is 3.56. The van der Waals surface area contributed by atoms with Crippen molar-refractivity contribution >= 4 is 22.2 Å². The van der Waals surface area contributed by atoms with Crippen molar-refractivity contribution in [3.63, 3.8) is 0 Å². The molecular weight excluding hydrogens is 388 g/mol. The molecule has 0 saturated carbocycles. The summed E-state index contributed by atoms with van der Waals surface area (Å²) < 4.78 is 10.8. The molecule has 1 N–H and O–H groups in total. The lowest BCUT2D eigenvalue weighted by Gasteiger charge is -2.15. The summed E-state index contributed by atoms with van der Waals surface area (Å²) >= 11 is 1.53. The van der Waals surface area contributed by atoms with Gasteiger partial charge in [0.2, 0.25) is 6.54 Å². The number of para-hydroxylation sites is 1. The highest BCUT2D eigenvalue weighted by Crippen LogP contribution is 2.42. The van der Waals surface area contributed by atoms with E-state index in [1.54, 1.807) is 14.2 Å². The van der Waals surface area contributed by atoms with E-state index in [1.807, 2.05) is 60.0 Å². The summed E-state index contributed by atoms with van der Waals surface area (Å²) in [6.07, 6.45) is 0. The minimum Gasteiger partial charge on any atom is -0.493 e. The van der Waals surface area contributed by atoms with E-state index in [0.29, 0.717) is 11.5 Å². The van der Waals surface area contributed by atoms with E-state index in [2.05, 4.69) is 4.98 Å². The number of nitrogens with one attached hydrogen (secondary N) is 1. The number of hydrogen-bond acceptors (Lipinski definition) is 5. The fourth-order valence-corrected chi connectivity index (χ4v) is 4.54. The second kappa shape index (κ2) is 7.97. The van der Waals surface area contributed by atoms with Crippen LogP contribution in [0.25, 0.3) is 22.2 Å². The summed E-state index contributed by atoms with van der Waals surface area (Å²) in [6, 6.07) is 17.5. The Morgan fingerprint density at radius 3 is 2.55 bits per heavy atom. The maximum Gasteiger partial charge on any atom is 0.215 e. The Balaban J connectivity index is 1.97. The number of benzene rings is 2. The van der Waals surface area contributed by atoms with Crippen LogP contribution in [-0.2, 0) is 0 Å². The van der Waals surface area contributed by atoms with Crippen molar-refractivity contribution in [2.75, 3.05) is 20.8 Å². The number of thiophene rings is 1. The molecule has 0 unspecified atom stereocenters. The van der Waals surface area contributed by atoms with Gasteiger partial charge < -0.3 is 14.5 Å². The van der Waals surface area contributed by atoms with Crippen molar-refractivity contribution in [1.82, 2.24) is 4.98 Å². The smallest absolute Gasteiger partial charge is 0.215 e. The van der Waals surface area contributed by atoms with Crippen LogP contribution in [0.5, 0.6) is 11.5 Å². The van der Waals surface area contributed by atoms with Gasteiger partial charge >= 0.3 is 0 Å². The van der Waals surface area contributed by atoms with Crippen LogP contribution in [0.15, 0.2) is 60.0 Å². The van der Waals surface area contributed by atoms with Gasteiger partial charge in [-0.3, -0.25) is 10.1 Å². The molecule has 6 nitrogen and oxygen atoms in total. The lowest BCUT2D eigenvalue weighted by Crippen LogP contribution is -2.13. The molecule has 4 aromatic rings. The van der Waals surface area contributed by atoms with E-state index in [1.165, 1.54) is 11.3 Å². The van der Waals surface area contributed by atoms with Gasteiger partial charge in [0.05, 0.1) is 25.8 Å². The molecule has 0 aliphatic rings. The Morgan fingerprint density at radius 2 is 1.86 bits per heavy atom. The van der Waals surface area contributed by atoms with Crippen molar-refractivity contribution in [3.8, 4) is 22.8 Å². The molecule has 0 saturated heterocycles. The van der Waals surface area contributed by atoms with Gasteiger partial charge in [-0.25, -0.2) is 0 Å². The van der Waals surface area contributed by atoms with E-state index in [0.717, 1.165) is 32.6 Å². The normalized spacial score (nSPS) is 12.1. The summed E-state index contributed by atoms with van der Waals surface area (Å²) in [5.74, 6) is 0.884. The minimum atomic E-state index is -0.357. The third-order valence-electron chi connectivity index (χ3n) is 4.99. The zero-order chi connectivity index (χ0) is 20.4. The molecule has 148 valence electrons. The Morgan fingerprint density at radius 1 is 1.07 bits per heavy atom. The van der Waals surface area contributed by atoms with Crippen molar-refractivity contribution < 1.29 is 14.4 Å². The van der Waals surface area contributed by atoms with Gasteiger partial charge in [0.25, 0.3) is 0 Å². The Hall–Kier alpha value is -3.32. The Labute approximate surface area is 171 Å². The monoisotopic (exact) mass is 408 g/mol. The molecule has 1 atom stereocenters. The number of aromatic amines is 1. The standard InChI is InChI=1S/C22H20N2O4S/c1-27-18-10-9-14(12-19(18)28-2)22-21(15-6-3-4-7-17(15)23-22)16(13-24(25)26)20-8-5-11-29-20/h3-12,16,23H,13H2,1-2H3/t16-/m1/s1. The number of fused-ring (bicyclic) bond motifs is 1. The molecule has 2 heterocycles. The number of methoxy groups -OCH3 is 2. The highest BCUT2D eigenvalue weighted by Gasteiger charge is 2.28. The third-order valence-corrected chi connectivity index (χ3v) is 5.97. The molecule has 29 heavy (non-hydrogen) atoms. The van der Waals surface area contributed by atoms with Gasteiger partial charge in [0, 0.05) is 31.8 Å². The van der Waals surface area contributed by atoms with E-state index < -0.39 is 0 Å². The van der Waals surface area contributed by atoms with Gasteiger partial charge in [-0.15, -0.1) is 11.3 Å². The first-order valence-corrected chi connectivity index (χ1v) is 9.98. The maximum absolute atomic E-state index is 11.5. The van der Waals surface area contributed by atoms with E-state index in [9.17, 15) is 10.1 Å². The molecule has 4 rings (SSSR count). The van der Waals surface area contributed by atoms with Crippen LogP contribution in [0.1, 0.15) is 16.4 Å². The number of nitrogens with zero attached hydrogens (tertiary/aromatic N) is 1. The van der Waals surface area contributed by atoms with E-state index in [-0.39, 0.29) is 17.4 Å². The molecule has 0 fully saturated rings. The fraction of sp³-hybridized carbons (Fsp3) is 0.182. The highest BCUT2D eigenvalue weighted by molar-refractivity contribution is 7.10. The highest BCUT2D eigenvalue weighted by atomic mass is 32.1. The Kier molecular flexibility index (Phi) is 5.22. The Bertz CT molecular complexity index is 1150. The SMILES string of the molecule is COc1ccc(-c2[nH]c3ccccc3c2[C@H](C[N+](=O)[O-])c2cccs2)cc1OC. The van der Waals surface area contributed by atoms with Crippen LogP contribution < -0.4 is 9.47 Å². The van der Waals surface area contributed by atoms with Crippen LogP contribution in [0.2, 0.25) is 0 Å². The largest absolute Gasteiger partial charge is 0.493 e. The minimum absolute atomic E-state index is 0.178. The van der Waals surface area contributed by atoms with Crippen LogP contribution >= 0.6 is 11.3 Å². The maximum atomic E-state index is 11.5. The zero-order valence-electron chi connectivity index (χ0n) is 16.0. The molecule has 0 spiro atoms. The van der Waals surface area contributed by atoms with Gasteiger partial charge in [-0.05, 0) is 35.7 Å². The lowest BCUT2D eigenvalue weighted by atomic mass is 9.92. The molecule has 0 radical (unpaired) electrons. The first kappa shape index (κ1) is 19.0. The number of H-pyrrole nitrogens is 1. The summed E-state index contributed by atoms with van der Waals surface area (Å²) in [5.41, 5.74) is 3.61.